The van der Waals surface area contributed by atoms with Crippen LogP contribution in [0.3, 0.4) is 0 Å². The highest BCUT2D eigenvalue weighted by molar-refractivity contribution is 7.90. The molecule has 1 amide bonds. The van der Waals surface area contributed by atoms with E-state index in [4.69, 9.17) is 34.8 Å². The van der Waals surface area contributed by atoms with E-state index in [0.29, 0.717) is 37.6 Å². The van der Waals surface area contributed by atoms with Crippen LogP contribution in [-0.2, 0) is 10.0 Å². The molecule has 0 aliphatic heterocycles. The second kappa shape index (κ2) is 7.95. The van der Waals surface area contributed by atoms with Gasteiger partial charge in [0.25, 0.3) is 15.9 Å². The Morgan fingerprint density at radius 1 is 1.00 bits per heavy atom. The zero-order valence-corrected chi connectivity index (χ0v) is 18.6. The van der Waals surface area contributed by atoms with Crippen molar-refractivity contribution in [2.75, 3.05) is 0 Å². The first kappa shape index (κ1) is 21.6. The number of hydrogen-bond donors (Lipinski definition) is 1. The monoisotopic (exact) mass is 472 g/mol. The number of nitrogens with zero attached hydrogens (tertiary/aromatic N) is 3. The molecule has 7 nitrogen and oxygen atoms in total. The molecule has 0 spiro atoms. The molecule has 1 aromatic heterocycles. The first-order chi connectivity index (χ1) is 13.5. The Hall–Kier alpha value is -2.13. The summed E-state index contributed by atoms with van der Waals surface area (Å²) in [5, 5.41) is 8.90. The molecule has 0 saturated heterocycles. The molecule has 0 radical (unpaired) electrons. The van der Waals surface area contributed by atoms with Crippen molar-refractivity contribution in [3.05, 3.63) is 67.9 Å². The van der Waals surface area contributed by atoms with E-state index in [9.17, 15) is 13.2 Å². The van der Waals surface area contributed by atoms with Gasteiger partial charge < -0.3 is 0 Å². The largest absolute Gasteiger partial charge is 0.287 e. The van der Waals surface area contributed by atoms with Crippen LogP contribution in [0.4, 0.5) is 0 Å². The molecule has 11 heteroatoms. The lowest BCUT2D eigenvalue weighted by molar-refractivity contribution is 0.0976. The van der Waals surface area contributed by atoms with Gasteiger partial charge in [0, 0.05) is 10.0 Å². The van der Waals surface area contributed by atoms with Gasteiger partial charge in [0.05, 0.1) is 21.3 Å². The second-order valence-electron chi connectivity index (χ2n) is 6.33. The average molecular weight is 474 g/mol. The van der Waals surface area contributed by atoms with Gasteiger partial charge in [-0.2, -0.15) is 0 Å². The summed E-state index contributed by atoms with van der Waals surface area (Å²) in [6, 6.07) is 7.68. The number of hydrogen-bond acceptors (Lipinski definition) is 5. The first-order valence-corrected chi connectivity index (χ1v) is 10.8. The quantitative estimate of drug-likeness (QED) is 0.610. The van der Waals surface area contributed by atoms with Gasteiger partial charge in [0.1, 0.15) is 0 Å². The summed E-state index contributed by atoms with van der Waals surface area (Å²) < 4.78 is 28.8. The summed E-state index contributed by atoms with van der Waals surface area (Å²) >= 11 is 18.1. The molecule has 0 aliphatic carbocycles. The molecule has 29 heavy (non-hydrogen) atoms. The van der Waals surface area contributed by atoms with Crippen LogP contribution in [0.1, 0.15) is 27.3 Å². The van der Waals surface area contributed by atoms with Gasteiger partial charge in [-0.15, -0.1) is 5.10 Å². The standard InChI is InChI=1S/C18H15Cl3N4O3S/c1-9-7-16(10(2)6-13(9)20)29(27,28)23-18(26)17-11(3)25(24-22-17)15-5-4-12(19)8-14(15)21/h4-8H,1-3H3,(H,23,26). The lowest BCUT2D eigenvalue weighted by atomic mass is 10.2. The van der Waals surface area contributed by atoms with E-state index in [1.807, 2.05) is 4.72 Å². The highest BCUT2D eigenvalue weighted by Crippen LogP contribution is 2.26. The van der Waals surface area contributed by atoms with Crippen LogP contribution in [0, 0.1) is 20.8 Å². The van der Waals surface area contributed by atoms with Gasteiger partial charge in [0.15, 0.2) is 5.69 Å². The molecule has 1 N–H and O–H groups in total. The lowest BCUT2D eigenvalue weighted by Gasteiger charge is -2.11. The van der Waals surface area contributed by atoms with Gasteiger partial charge >= 0.3 is 0 Å². The summed E-state index contributed by atoms with van der Waals surface area (Å²) in [4.78, 5) is 12.6. The SMILES string of the molecule is Cc1cc(S(=O)(=O)NC(=O)c2nnn(-c3ccc(Cl)cc3Cl)c2C)c(C)cc1Cl. The number of sulfonamides is 1. The number of aromatic nitrogens is 3. The summed E-state index contributed by atoms with van der Waals surface area (Å²) in [5.41, 5.74) is 1.60. The molecule has 0 bridgehead atoms. The Labute approximate surface area is 182 Å². The van der Waals surface area contributed by atoms with Crippen LogP contribution >= 0.6 is 34.8 Å². The van der Waals surface area contributed by atoms with Gasteiger partial charge in [-0.1, -0.05) is 40.0 Å². The summed E-state index contributed by atoms with van der Waals surface area (Å²) in [7, 11) is -4.14. The molecule has 3 aromatic rings. The van der Waals surface area contributed by atoms with Crippen molar-refractivity contribution >= 4 is 50.7 Å². The molecule has 0 aliphatic rings. The number of halogens is 3. The van der Waals surface area contributed by atoms with Crippen LogP contribution in [0.25, 0.3) is 5.69 Å². The molecule has 0 fully saturated rings. The zero-order chi connectivity index (χ0) is 21.5. The maximum atomic E-state index is 12.7. The Morgan fingerprint density at radius 2 is 1.69 bits per heavy atom. The number of rotatable bonds is 4. The molecule has 0 unspecified atom stereocenters. The normalized spacial score (nSPS) is 11.5. The van der Waals surface area contributed by atoms with Crippen LogP contribution in [0.2, 0.25) is 15.1 Å². The summed E-state index contributed by atoms with van der Waals surface area (Å²) in [5.74, 6) is -0.911. The van der Waals surface area contributed by atoms with Crippen molar-refractivity contribution in [1.29, 1.82) is 0 Å². The summed E-state index contributed by atoms with van der Waals surface area (Å²) in [6.07, 6.45) is 0. The zero-order valence-electron chi connectivity index (χ0n) is 15.5. The van der Waals surface area contributed by atoms with Gasteiger partial charge in [-0.25, -0.2) is 17.8 Å². The molecular weight excluding hydrogens is 459 g/mol. The highest BCUT2D eigenvalue weighted by atomic mass is 35.5. The Kier molecular flexibility index (Phi) is 5.91. The van der Waals surface area contributed by atoms with E-state index in [2.05, 4.69) is 10.3 Å². The van der Waals surface area contributed by atoms with Crippen molar-refractivity contribution in [1.82, 2.24) is 19.7 Å². The number of carbonyl (C=O) groups is 1. The van der Waals surface area contributed by atoms with Gasteiger partial charge in [-0.05, 0) is 62.2 Å². The fourth-order valence-corrected chi connectivity index (χ4v) is 4.66. The lowest BCUT2D eigenvalue weighted by Crippen LogP contribution is -2.32. The number of carbonyl (C=O) groups excluding carboxylic acids is 1. The molecule has 3 rings (SSSR count). The van der Waals surface area contributed by atoms with E-state index in [0.717, 1.165) is 0 Å². The van der Waals surface area contributed by atoms with Crippen molar-refractivity contribution in [2.24, 2.45) is 0 Å². The van der Waals surface area contributed by atoms with Crippen molar-refractivity contribution < 1.29 is 13.2 Å². The van der Waals surface area contributed by atoms with Crippen molar-refractivity contribution in [2.45, 2.75) is 25.7 Å². The van der Waals surface area contributed by atoms with Gasteiger partial charge in [-0.3, -0.25) is 4.79 Å². The number of benzene rings is 2. The maximum Gasteiger partial charge on any atom is 0.287 e. The van der Waals surface area contributed by atoms with E-state index < -0.39 is 15.9 Å². The Bertz CT molecular complexity index is 1240. The molecule has 0 atom stereocenters. The van der Waals surface area contributed by atoms with E-state index in [-0.39, 0.29) is 10.6 Å². The highest BCUT2D eigenvalue weighted by Gasteiger charge is 2.25. The predicted molar refractivity (Wildman–Crippen MR) is 112 cm³/mol. The molecule has 2 aromatic carbocycles. The average Bonchev–Trinajstić information content (AvgIpc) is 2.99. The van der Waals surface area contributed by atoms with Crippen LogP contribution in [-0.4, -0.2) is 29.3 Å². The third kappa shape index (κ3) is 4.25. The minimum atomic E-state index is -4.14. The van der Waals surface area contributed by atoms with E-state index >= 15 is 0 Å². The fraction of sp³-hybridized carbons (Fsp3) is 0.167. The molecule has 152 valence electrons. The third-order valence-corrected chi connectivity index (χ3v) is 6.64. The second-order valence-corrected chi connectivity index (χ2v) is 9.23. The molecule has 1 heterocycles. The number of nitrogens with one attached hydrogen (secondary N) is 1. The topological polar surface area (TPSA) is 93.9 Å². The maximum absolute atomic E-state index is 12.7. The van der Waals surface area contributed by atoms with Crippen LogP contribution < -0.4 is 4.72 Å². The number of amides is 1. The minimum Gasteiger partial charge on any atom is -0.266 e. The van der Waals surface area contributed by atoms with Crippen LogP contribution in [0.5, 0.6) is 0 Å². The Morgan fingerprint density at radius 3 is 2.34 bits per heavy atom. The van der Waals surface area contributed by atoms with Gasteiger partial charge in [0.2, 0.25) is 0 Å². The minimum absolute atomic E-state index is 0.0430. The van der Waals surface area contributed by atoms with Crippen LogP contribution in [0.15, 0.2) is 35.2 Å². The van der Waals surface area contributed by atoms with Crippen molar-refractivity contribution in [3.63, 3.8) is 0 Å². The predicted octanol–water partition coefficient (Wildman–Crippen LogP) is 4.27. The smallest absolute Gasteiger partial charge is 0.266 e. The first-order valence-electron chi connectivity index (χ1n) is 8.23. The molecule has 0 saturated carbocycles. The van der Waals surface area contributed by atoms with E-state index in [1.54, 1.807) is 32.9 Å². The van der Waals surface area contributed by atoms with Crippen molar-refractivity contribution in [3.8, 4) is 5.69 Å². The van der Waals surface area contributed by atoms with E-state index in [1.165, 1.54) is 22.9 Å². The third-order valence-electron chi connectivity index (χ3n) is 4.22. The fourth-order valence-electron chi connectivity index (χ4n) is 2.69. The Balaban J connectivity index is 1.94. The summed E-state index contributed by atoms with van der Waals surface area (Å²) in [6.45, 7) is 4.84. The molecular formula is C18H15Cl3N4O3S. The number of aryl methyl sites for hydroxylation is 2.